The highest BCUT2D eigenvalue weighted by Crippen LogP contribution is 2.39. The number of nitrogens with one attached hydrogen (secondary N) is 1. The first-order valence-corrected chi connectivity index (χ1v) is 12.7. The number of fused-ring (bicyclic) bond motifs is 1. The number of rotatable bonds is 5. The number of aldehydes is 1. The molecule has 33 heavy (non-hydrogen) atoms. The van der Waals surface area contributed by atoms with Crippen LogP contribution in [-0.4, -0.2) is 40.0 Å². The Morgan fingerprint density at radius 1 is 1.24 bits per heavy atom. The number of methoxy groups -OCH3 is 1. The Bertz CT molecular complexity index is 872. The quantitative estimate of drug-likeness (QED) is 0.327. The van der Waals surface area contributed by atoms with Gasteiger partial charge in [0.2, 0.25) is 0 Å². The lowest BCUT2D eigenvalue weighted by Crippen LogP contribution is -2.29. The Labute approximate surface area is 195 Å². The first kappa shape index (κ1) is 29.2. The molecule has 0 bridgehead atoms. The van der Waals surface area contributed by atoms with Crippen molar-refractivity contribution in [3.8, 4) is 5.75 Å². The van der Waals surface area contributed by atoms with E-state index in [4.69, 9.17) is 4.74 Å². The van der Waals surface area contributed by atoms with Crippen molar-refractivity contribution in [1.82, 2.24) is 0 Å². The fourth-order valence-corrected chi connectivity index (χ4v) is 4.30. The standard InChI is InChI=1S/C12H12F3NO4S.C8H16O.C3H8/c1-7-6-10-9(2-4-16-10)11(8(7)3-5-17)20-21(18,19)12(13,14)15;1-7-4-3-5-8(6-7)9-2;1-3-2/h5-6,16H,2-4H2,1H3;7-8H,3-6H2,1-2H3;3H2,1-2H3. The third-order valence-electron chi connectivity index (χ3n) is 5.39. The molecule has 1 aromatic carbocycles. The molecule has 2 aliphatic rings. The number of anilines is 1. The lowest BCUT2D eigenvalue weighted by molar-refractivity contribution is -0.107. The van der Waals surface area contributed by atoms with Gasteiger partial charge < -0.3 is 19.0 Å². The zero-order valence-corrected chi connectivity index (χ0v) is 20.9. The third-order valence-corrected chi connectivity index (χ3v) is 6.34. The Kier molecular flexibility index (Phi) is 11.7. The summed E-state index contributed by atoms with van der Waals surface area (Å²) in [5.41, 5.74) is -4.02. The number of benzene rings is 1. The Morgan fingerprint density at radius 3 is 2.36 bits per heavy atom. The Morgan fingerprint density at radius 2 is 1.88 bits per heavy atom. The maximum absolute atomic E-state index is 12.5. The van der Waals surface area contributed by atoms with Gasteiger partial charge in [-0.3, -0.25) is 0 Å². The minimum atomic E-state index is -5.77. The highest BCUT2D eigenvalue weighted by molar-refractivity contribution is 7.88. The van der Waals surface area contributed by atoms with Gasteiger partial charge in [-0.25, -0.2) is 0 Å². The third kappa shape index (κ3) is 8.48. The van der Waals surface area contributed by atoms with Crippen molar-refractivity contribution in [2.75, 3.05) is 19.0 Å². The summed E-state index contributed by atoms with van der Waals surface area (Å²) in [5, 5.41) is 2.93. The molecule has 0 radical (unpaired) electrons. The molecule has 6 nitrogen and oxygen atoms in total. The minimum absolute atomic E-state index is 0.153. The second-order valence-corrected chi connectivity index (χ2v) is 9.93. The van der Waals surface area contributed by atoms with Crippen LogP contribution in [0.2, 0.25) is 0 Å². The molecule has 1 fully saturated rings. The highest BCUT2D eigenvalue weighted by atomic mass is 32.2. The number of carbonyl (C=O) groups excluding carboxylic acids is 1. The van der Waals surface area contributed by atoms with Crippen LogP contribution >= 0.6 is 0 Å². The molecular formula is C23H36F3NO5S. The lowest BCUT2D eigenvalue weighted by Gasteiger charge is -2.25. The van der Waals surface area contributed by atoms with Gasteiger partial charge in [-0.2, -0.15) is 21.6 Å². The molecule has 0 spiro atoms. The van der Waals surface area contributed by atoms with E-state index in [1.807, 2.05) is 7.11 Å². The maximum atomic E-state index is 12.5. The topological polar surface area (TPSA) is 81.7 Å². The summed E-state index contributed by atoms with van der Waals surface area (Å²) in [6.07, 6.45) is 7.72. The number of hydrogen-bond acceptors (Lipinski definition) is 6. The molecule has 1 saturated carbocycles. The molecule has 3 rings (SSSR count). The predicted octanol–water partition coefficient (Wildman–Crippen LogP) is 5.56. The van der Waals surface area contributed by atoms with Crippen LogP contribution in [0, 0.1) is 12.8 Å². The van der Waals surface area contributed by atoms with Crippen LogP contribution in [0.4, 0.5) is 18.9 Å². The van der Waals surface area contributed by atoms with Crippen LogP contribution in [0.25, 0.3) is 0 Å². The second kappa shape index (κ2) is 13.2. The van der Waals surface area contributed by atoms with Crippen molar-refractivity contribution in [3.63, 3.8) is 0 Å². The van der Waals surface area contributed by atoms with E-state index in [0.29, 0.717) is 42.2 Å². The van der Waals surface area contributed by atoms with Gasteiger partial charge in [-0.05, 0) is 43.7 Å². The van der Waals surface area contributed by atoms with Crippen LogP contribution in [-0.2, 0) is 32.5 Å². The van der Waals surface area contributed by atoms with Crippen molar-refractivity contribution >= 4 is 22.1 Å². The van der Waals surface area contributed by atoms with Crippen LogP contribution < -0.4 is 9.50 Å². The summed E-state index contributed by atoms with van der Waals surface area (Å²) in [6, 6.07) is 1.66. The Balaban J connectivity index is 0.000000375. The van der Waals surface area contributed by atoms with E-state index in [1.165, 1.54) is 32.1 Å². The predicted molar refractivity (Wildman–Crippen MR) is 123 cm³/mol. The van der Waals surface area contributed by atoms with Gasteiger partial charge in [0.15, 0.2) is 5.75 Å². The molecule has 1 aliphatic carbocycles. The second-order valence-electron chi connectivity index (χ2n) is 8.39. The normalized spacial score (nSPS) is 19.8. The molecule has 1 aromatic rings. The van der Waals surface area contributed by atoms with E-state index in [1.54, 1.807) is 13.0 Å². The van der Waals surface area contributed by atoms with Gasteiger partial charge in [0.25, 0.3) is 0 Å². The fraction of sp³-hybridized carbons (Fsp3) is 0.696. The first-order valence-electron chi connectivity index (χ1n) is 11.3. The average molecular weight is 496 g/mol. The van der Waals surface area contributed by atoms with Gasteiger partial charge in [0, 0.05) is 36.9 Å². The van der Waals surface area contributed by atoms with E-state index in [0.717, 1.165) is 5.92 Å². The fourth-order valence-electron chi connectivity index (χ4n) is 3.79. The monoisotopic (exact) mass is 495 g/mol. The van der Waals surface area contributed by atoms with Crippen LogP contribution in [0.3, 0.4) is 0 Å². The number of carbonyl (C=O) groups is 1. The molecule has 1 N–H and O–H groups in total. The van der Waals surface area contributed by atoms with Gasteiger partial charge in [-0.15, -0.1) is 0 Å². The Hall–Kier alpha value is -1.81. The first-order chi connectivity index (χ1) is 15.4. The minimum Gasteiger partial charge on any atom is -0.384 e. The summed E-state index contributed by atoms with van der Waals surface area (Å²) in [6.45, 7) is 8.60. The zero-order chi connectivity index (χ0) is 25.2. The number of alkyl halides is 3. The molecular weight excluding hydrogens is 459 g/mol. The molecule has 2 unspecified atom stereocenters. The molecule has 10 heteroatoms. The molecule has 0 aromatic heterocycles. The lowest BCUT2D eigenvalue weighted by atomic mass is 9.89. The molecule has 0 amide bonds. The smallest absolute Gasteiger partial charge is 0.384 e. The van der Waals surface area contributed by atoms with Gasteiger partial charge in [0.05, 0.1) is 6.10 Å². The average Bonchev–Trinajstić information content (AvgIpc) is 3.19. The summed E-state index contributed by atoms with van der Waals surface area (Å²) < 4.78 is 69.5. The molecule has 0 saturated heterocycles. The van der Waals surface area contributed by atoms with Gasteiger partial charge in [0.1, 0.15) is 6.29 Å². The van der Waals surface area contributed by atoms with Crippen molar-refractivity contribution < 1.29 is 35.3 Å². The summed E-state index contributed by atoms with van der Waals surface area (Å²) >= 11 is 0. The summed E-state index contributed by atoms with van der Waals surface area (Å²) in [4.78, 5) is 10.7. The van der Waals surface area contributed by atoms with Crippen molar-refractivity contribution in [2.45, 2.75) is 84.3 Å². The van der Waals surface area contributed by atoms with Crippen molar-refractivity contribution in [3.05, 3.63) is 22.8 Å². The van der Waals surface area contributed by atoms with Crippen LogP contribution in [0.5, 0.6) is 5.75 Å². The number of ether oxygens (including phenoxy) is 1. The number of aryl methyl sites for hydroxylation is 1. The van der Waals surface area contributed by atoms with Crippen molar-refractivity contribution in [2.24, 2.45) is 5.92 Å². The molecule has 2 atom stereocenters. The SMILES string of the molecule is CCC.COC1CCCC(C)C1.Cc1cc2c(c(OS(=O)(=O)C(F)(F)F)c1CC=O)CCN2. The summed E-state index contributed by atoms with van der Waals surface area (Å²) in [5.74, 6) is 0.503. The maximum Gasteiger partial charge on any atom is 0.534 e. The van der Waals surface area contributed by atoms with E-state index in [-0.39, 0.29) is 17.7 Å². The van der Waals surface area contributed by atoms with E-state index < -0.39 is 15.6 Å². The number of halogens is 3. The number of hydrogen-bond donors (Lipinski definition) is 1. The van der Waals surface area contributed by atoms with Gasteiger partial charge >= 0.3 is 15.6 Å². The van der Waals surface area contributed by atoms with E-state index in [9.17, 15) is 26.4 Å². The highest BCUT2D eigenvalue weighted by Gasteiger charge is 2.49. The van der Waals surface area contributed by atoms with Gasteiger partial charge in [-0.1, -0.05) is 40.0 Å². The summed E-state index contributed by atoms with van der Waals surface area (Å²) in [7, 11) is -3.95. The van der Waals surface area contributed by atoms with Crippen LogP contribution in [0.1, 0.15) is 69.6 Å². The zero-order valence-electron chi connectivity index (χ0n) is 20.0. The molecule has 190 valence electrons. The van der Waals surface area contributed by atoms with Crippen molar-refractivity contribution in [1.29, 1.82) is 0 Å². The van der Waals surface area contributed by atoms with E-state index in [2.05, 4.69) is 30.3 Å². The van der Waals surface area contributed by atoms with E-state index >= 15 is 0 Å². The van der Waals surface area contributed by atoms with Crippen LogP contribution in [0.15, 0.2) is 6.07 Å². The molecule has 1 heterocycles. The molecule has 1 aliphatic heterocycles. The largest absolute Gasteiger partial charge is 0.534 e.